The van der Waals surface area contributed by atoms with E-state index >= 15 is 0 Å². The maximum Gasteiger partial charge on any atom is 0.315 e. The van der Waals surface area contributed by atoms with Crippen LogP contribution in [0.2, 0.25) is 0 Å². The highest BCUT2D eigenvalue weighted by Gasteiger charge is 2.09. The largest absolute Gasteiger partial charge is 0.496 e. The number of hydrogen-bond donors (Lipinski definition) is 1. The summed E-state index contributed by atoms with van der Waals surface area (Å²) in [6, 6.07) is 7.60. The molecule has 0 unspecified atom stereocenters. The van der Waals surface area contributed by atoms with Gasteiger partial charge in [-0.2, -0.15) is 0 Å². The van der Waals surface area contributed by atoms with E-state index in [2.05, 4.69) is 10.1 Å². The Morgan fingerprint density at radius 2 is 1.94 bits per heavy atom. The third-order valence-electron chi connectivity index (χ3n) is 2.44. The molecule has 0 atom stereocenters. The van der Waals surface area contributed by atoms with Crippen LogP contribution in [0.15, 0.2) is 24.3 Å². The number of benzene rings is 1. The maximum absolute atomic E-state index is 11.3. The summed E-state index contributed by atoms with van der Waals surface area (Å²) in [6.07, 6.45) is 0.402. The second kappa shape index (κ2) is 7.32. The van der Waals surface area contributed by atoms with Gasteiger partial charge < -0.3 is 14.8 Å². The van der Waals surface area contributed by atoms with E-state index in [1.54, 1.807) is 7.11 Å². The molecule has 0 bridgehead atoms. The average Bonchev–Trinajstić information content (AvgIpc) is 2.39. The van der Waals surface area contributed by atoms with Gasteiger partial charge in [0.2, 0.25) is 5.91 Å². The first-order chi connectivity index (χ1) is 8.67. The molecule has 98 valence electrons. The van der Waals surface area contributed by atoms with Crippen molar-refractivity contribution in [2.45, 2.75) is 12.8 Å². The zero-order chi connectivity index (χ0) is 13.4. The minimum Gasteiger partial charge on any atom is -0.496 e. The Kier molecular flexibility index (Phi) is 5.70. The lowest BCUT2D eigenvalue weighted by atomic mass is 10.1. The van der Waals surface area contributed by atoms with Gasteiger partial charge in [0.25, 0.3) is 0 Å². The molecule has 0 aliphatic heterocycles. The van der Waals surface area contributed by atoms with Crippen LogP contribution < -0.4 is 10.1 Å². The van der Waals surface area contributed by atoms with Gasteiger partial charge in [-0.1, -0.05) is 18.2 Å². The third-order valence-corrected chi connectivity index (χ3v) is 2.44. The second-order valence-corrected chi connectivity index (χ2v) is 3.66. The van der Waals surface area contributed by atoms with Crippen molar-refractivity contribution in [3.05, 3.63) is 29.8 Å². The van der Waals surface area contributed by atoms with Crippen molar-refractivity contribution >= 4 is 11.9 Å². The molecule has 1 aromatic carbocycles. The molecular weight excluding hydrogens is 234 g/mol. The summed E-state index contributed by atoms with van der Waals surface area (Å²) in [5.41, 5.74) is 1.01. The van der Waals surface area contributed by atoms with Crippen molar-refractivity contribution < 1.29 is 19.1 Å². The number of nitrogens with one attached hydrogen (secondary N) is 1. The van der Waals surface area contributed by atoms with Gasteiger partial charge in [0.15, 0.2) is 0 Å². The number of hydrogen-bond acceptors (Lipinski definition) is 4. The van der Waals surface area contributed by atoms with Gasteiger partial charge in [0.05, 0.1) is 14.2 Å². The molecule has 0 radical (unpaired) electrons. The molecule has 5 nitrogen and oxygen atoms in total. The standard InChI is InChI=1S/C13H17NO4/c1-17-11-6-4-3-5-10(11)7-8-14-12(15)9-13(16)18-2/h3-6H,7-9H2,1-2H3,(H,14,15). The molecule has 0 heterocycles. The first kappa shape index (κ1) is 14.0. The Hall–Kier alpha value is -2.04. The first-order valence-electron chi connectivity index (χ1n) is 5.62. The Bertz CT molecular complexity index is 417. The number of methoxy groups -OCH3 is 2. The smallest absolute Gasteiger partial charge is 0.315 e. The molecule has 0 aliphatic rings. The van der Waals surface area contributed by atoms with Crippen molar-refractivity contribution in [2.24, 2.45) is 0 Å². The van der Waals surface area contributed by atoms with Crippen molar-refractivity contribution in [2.75, 3.05) is 20.8 Å². The molecule has 0 saturated carbocycles. The normalized spacial score (nSPS) is 9.67. The molecular formula is C13H17NO4. The molecule has 0 aromatic heterocycles. The molecule has 18 heavy (non-hydrogen) atoms. The third kappa shape index (κ3) is 4.45. The van der Waals surface area contributed by atoms with Crippen molar-refractivity contribution in [3.63, 3.8) is 0 Å². The predicted molar refractivity (Wildman–Crippen MR) is 66.3 cm³/mol. The molecule has 0 aliphatic carbocycles. The Labute approximate surface area is 106 Å². The zero-order valence-electron chi connectivity index (χ0n) is 10.6. The van der Waals surface area contributed by atoms with Crippen LogP contribution in [0.1, 0.15) is 12.0 Å². The lowest BCUT2D eigenvalue weighted by Crippen LogP contribution is -2.28. The van der Waals surface area contributed by atoms with Crippen LogP contribution in [0.25, 0.3) is 0 Å². The summed E-state index contributed by atoms with van der Waals surface area (Å²) in [6.45, 7) is 0.455. The van der Waals surface area contributed by atoms with Crippen LogP contribution in [0.4, 0.5) is 0 Å². The highest BCUT2D eigenvalue weighted by Crippen LogP contribution is 2.17. The fraction of sp³-hybridized carbons (Fsp3) is 0.385. The van der Waals surface area contributed by atoms with Gasteiger partial charge in [0, 0.05) is 6.54 Å². The Balaban J connectivity index is 2.37. The molecule has 0 spiro atoms. The van der Waals surface area contributed by atoms with E-state index in [-0.39, 0.29) is 12.3 Å². The first-order valence-corrected chi connectivity index (χ1v) is 5.62. The minimum atomic E-state index is -0.537. The van der Waals surface area contributed by atoms with Crippen molar-refractivity contribution in [1.29, 1.82) is 0 Å². The summed E-state index contributed by atoms with van der Waals surface area (Å²) in [5, 5.41) is 2.65. The quantitative estimate of drug-likeness (QED) is 0.603. The number of carbonyl (C=O) groups excluding carboxylic acids is 2. The Morgan fingerprint density at radius 1 is 1.22 bits per heavy atom. The van der Waals surface area contributed by atoms with E-state index < -0.39 is 5.97 Å². The molecule has 1 aromatic rings. The monoisotopic (exact) mass is 251 g/mol. The molecule has 0 saturated heterocycles. The molecule has 1 amide bonds. The van der Waals surface area contributed by atoms with E-state index in [1.807, 2.05) is 24.3 Å². The molecule has 1 N–H and O–H groups in total. The summed E-state index contributed by atoms with van der Waals surface area (Å²) < 4.78 is 9.60. The van der Waals surface area contributed by atoms with Gasteiger partial charge in [-0.25, -0.2) is 0 Å². The molecule has 0 fully saturated rings. The molecule has 5 heteroatoms. The van der Waals surface area contributed by atoms with Crippen LogP contribution in [0.3, 0.4) is 0 Å². The lowest BCUT2D eigenvalue weighted by Gasteiger charge is -2.08. The summed E-state index contributed by atoms with van der Waals surface area (Å²) in [7, 11) is 2.86. The van der Waals surface area contributed by atoms with Crippen molar-refractivity contribution in [3.8, 4) is 5.75 Å². The van der Waals surface area contributed by atoms with Gasteiger partial charge >= 0.3 is 5.97 Å². The highest BCUT2D eigenvalue weighted by molar-refractivity contribution is 5.94. The van der Waals surface area contributed by atoms with Crippen molar-refractivity contribution in [1.82, 2.24) is 5.32 Å². The predicted octanol–water partition coefficient (Wildman–Crippen LogP) is 0.917. The van der Waals surface area contributed by atoms with Gasteiger partial charge in [0.1, 0.15) is 12.2 Å². The van der Waals surface area contributed by atoms with E-state index in [0.717, 1.165) is 11.3 Å². The van der Waals surface area contributed by atoms with E-state index in [9.17, 15) is 9.59 Å². The topological polar surface area (TPSA) is 64.6 Å². The number of amides is 1. The van der Waals surface area contributed by atoms with Gasteiger partial charge in [-0.05, 0) is 18.1 Å². The number of ether oxygens (including phenoxy) is 2. The average molecular weight is 251 g/mol. The van der Waals surface area contributed by atoms with Gasteiger partial charge in [-0.15, -0.1) is 0 Å². The number of rotatable bonds is 6. The second-order valence-electron chi connectivity index (χ2n) is 3.66. The number of para-hydroxylation sites is 1. The van der Waals surface area contributed by atoms with Crippen LogP contribution >= 0.6 is 0 Å². The van der Waals surface area contributed by atoms with Crippen LogP contribution in [-0.4, -0.2) is 32.6 Å². The fourth-order valence-electron chi connectivity index (χ4n) is 1.51. The Morgan fingerprint density at radius 3 is 2.61 bits per heavy atom. The lowest BCUT2D eigenvalue weighted by molar-refractivity contribution is -0.143. The van der Waals surface area contributed by atoms with Crippen LogP contribution in [0.5, 0.6) is 5.75 Å². The van der Waals surface area contributed by atoms with E-state index in [1.165, 1.54) is 7.11 Å². The summed E-state index contributed by atoms with van der Waals surface area (Å²) >= 11 is 0. The highest BCUT2D eigenvalue weighted by atomic mass is 16.5. The summed E-state index contributed by atoms with van der Waals surface area (Å²) in [4.78, 5) is 22.2. The van der Waals surface area contributed by atoms with Crippen LogP contribution in [-0.2, 0) is 20.7 Å². The number of carbonyl (C=O) groups is 2. The SMILES string of the molecule is COC(=O)CC(=O)NCCc1ccccc1OC. The number of esters is 1. The van der Waals surface area contributed by atoms with Crippen LogP contribution in [0, 0.1) is 0 Å². The van der Waals surface area contributed by atoms with E-state index in [4.69, 9.17) is 4.74 Å². The van der Waals surface area contributed by atoms with E-state index in [0.29, 0.717) is 13.0 Å². The summed E-state index contributed by atoms with van der Waals surface area (Å²) in [5.74, 6) is -0.0822. The fourth-order valence-corrected chi connectivity index (χ4v) is 1.51. The van der Waals surface area contributed by atoms with Gasteiger partial charge in [-0.3, -0.25) is 9.59 Å². The minimum absolute atomic E-state index is 0.248. The molecule has 1 rings (SSSR count). The maximum atomic E-state index is 11.3. The zero-order valence-corrected chi connectivity index (χ0v) is 10.6.